The fourth-order valence-corrected chi connectivity index (χ4v) is 6.21. The third kappa shape index (κ3) is 4.43. The number of fused-ring (bicyclic) bond motifs is 1. The third-order valence-electron chi connectivity index (χ3n) is 7.35. The summed E-state index contributed by atoms with van der Waals surface area (Å²) in [6.45, 7) is 4.72. The third-order valence-corrected chi connectivity index (χ3v) is 8.24. The van der Waals surface area contributed by atoms with Crippen LogP contribution in [0.15, 0.2) is 45.3 Å². The van der Waals surface area contributed by atoms with E-state index in [9.17, 15) is 14.4 Å². The summed E-state index contributed by atoms with van der Waals surface area (Å²) in [4.78, 5) is 41.4. The van der Waals surface area contributed by atoms with Crippen LogP contribution in [0.4, 0.5) is 0 Å². The molecule has 1 aromatic carbocycles. The number of carbonyl (C=O) groups excluding carboxylic acids is 1. The van der Waals surface area contributed by atoms with Gasteiger partial charge >= 0.3 is 5.69 Å². The lowest BCUT2D eigenvalue weighted by Gasteiger charge is -2.30. The average Bonchev–Trinajstić information content (AvgIpc) is 3.53. The number of hydrogen-bond acceptors (Lipinski definition) is 4. The van der Waals surface area contributed by atoms with Gasteiger partial charge in [0.05, 0.1) is 12.1 Å². The first kappa shape index (κ1) is 22.1. The van der Waals surface area contributed by atoms with Gasteiger partial charge in [-0.2, -0.15) is 0 Å². The maximum absolute atomic E-state index is 13.5. The van der Waals surface area contributed by atoms with Gasteiger partial charge in [0.15, 0.2) is 0 Å². The predicted molar refractivity (Wildman–Crippen MR) is 132 cm³/mol. The van der Waals surface area contributed by atoms with E-state index in [1.54, 1.807) is 4.57 Å². The minimum Gasteiger partial charge on any atom is -0.342 e. The standard InChI is InChI=1S/C26H31N3O3S/c1-18-4-6-19(7-5-18)16-28-22-12-15-33-23(22)25(31)29(26(28)32)17-20-8-10-21(11-9-20)24(30)27-13-2-3-14-27/h4-7,12,15,20-21H,2-3,8-11,13-14,16-17H2,1H3. The lowest BCUT2D eigenvalue weighted by Crippen LogP contribution is -2.42. The van der Waals surface area contributed by atoms with E-state index in [-0.39, 0.29) is 23.1 Å². The molecule has 0 atom stereocenters. The Kier molecular flexibility index (Phi) is 6.23. The number of likely N-dealkylation sites (tertiary alicyclic amines) is 1. The van der Waals surface area contributed by atoms with Gasteiger partial charge in [-0.25, -0.2) is 4.79 Å². The molecule has 174 valence electrons. The second-order valence-corrected chi connectivity index (χ2v) is 10.6. The van der Waals surface area contributed by atoms with Crippen LogP contribution in [-0.4, -0.2) is 33.0 Å². The Labute approximate surface area is 197 Å². The summed E-state index contributed by atoms with van der Waals surface area (Å²) in [5.74, 6) is 0.667. The maximum Gasteiger partial charge on any atom is 0.331 e. The molecule has 1 saturated carbocycles. The summed E-state index contributed by atoms with van der Waals surface area (Å²) in [6.07, 6.45) is 5.71. The monoisotopic (exact) mass is 465 g/mol. The Balaban J connectivity index is 1.36. The molecule has 2 aliphatic rings. The highest BCUT2D eigenvalue weighted by Crippen LogP contribution is 2.31. The number of carbonyl (C=O) groups is 1. The van der Waals surface area contributed by atoms with Crippen molar-refractivity contribution in [2.75, 3.05) is 13.1 Å². The molecule has 3 heterocycles. The van der Waals surface area contributed by atoms with Crippen LogP contribution in [0, 0.1) is 18.8 Å². The molecule has 1 aliphatic heterocycles. The minimum atomic E-state index is -0.234. The average molecular weight is 466 g/mol. The molecule has 5 rings (SSSR count). The van der Waals surface area contributed by atoms with Crippen molar-refractivity contribution in [2.45, 2.75) is 58.5 Å². The lowest BCUT2D eigenvalue weighted by atomic mass is 9.81. The van der Waals surface area contributed by atoms with Crippen molar-refractivity contribution in [1.82, 2.24) is 14.0 Å². The zero-order valence-corrected chi connectivity index (χ0v) is 20.0. The molecule has 1 aliphatic carbocycles. The van der Waals surface area contributed by atoms with Crippen LogP contribution in [-0.2, 0) is 17.9 Å². The van der Waals surface area contributed by atoms with Gasteiger partial charge in [-0.1, -0.05) is 29.8 Å². The molecule has 6 nitrogen and oxygen atoms in total. The molecule has 2 aromatic heterocycles. The molecule has 7 heteroatoms. The van der Waals surface area contributed by atoms with Crippen molar-refractivity contribution in [1.29, 1.82) is 0 Å². The van der Waals surface area contributed by atoms with E-state index in [2.05, 4.69) is 0 Å². The fourth-order valence-electron chi connectivity index (χ4n) is 5.37. The zero-order valence-electron chi connectivity index (χ0n) is 19.2. The number of amides is 1. The SMILES string of the molecule is Cc1ccc(Cn2c(=O)n(CC3CCC(C(=O)N4CCCC4)CC3)c(=O)c3sccc32)cc1. The first-order valence-corrected chi connectivity index (χ1v) is 12.9. The Morgan fingerprint density at radius 1 is 0.970 bits per heavy atom. The topological polar surface area (TPSA) is 64.3 Å². The van der Waals surface area contributed by atoms with E-state index in [4.69, 9.17) is 0 Å². The molecule has 33 heavy (non-hydrogen) atoms. The number of thiophene rings is 1. The van der Waals surface area contributed by atoms with E-state index in [1.165, 1.54) is 21.5 Å². The molecule has 1 saturated heterocycles. The van der Waals surface area contributed by atoms with Crippen molar-refractivity contribution in [3.63, 3.8) is 0 Å². The van der Waals surface area contributed by atoms with Gasteiger partial charge in [0.1, 0.15) is 4.70 Å². The Bertz CT molecular complexity index is 1260. The number of nitrogens with zero attached hydrogens (tertiary/aromatic N) is 3. The molecule has 0 spiro atoms. The van der Waals surface area contributed by atoms with Gasteiger partial charge in [-0.05, 0) is 68.4 Å². The predicted octanol–water partition coefficient (Wildman–Crippen LogP) is 4.01. The number of benzene rings is 1. The van der Waals surface area contributed by atoms with E-state index in [0.29, 0.717) is 29.2 Å². The smallest absolute Gasteiger partial charge is 0.331 e. The van der Waals surface area contributed by atoms with Crippen LogP contribution in [0.2, 0.25) is 0 Å². The summed E-state index contributed by atoms with van der Waals surface area (Å²) in [5, 5.41) is 1.89. The molecule has 0 unspecified atom stereocenters. The van der Waals surface area contributed by atoms with Gasteiger partial charge in [-0.15, -0.1) is 11.3 Å². The second-order valence-electron chi connectivity index (χ2n) is 9.66. The number of aryl methyl sites for hydroxylation is 1. The van der Waals surface area contributed by atoms with Crippen LogP contribution in [0.25, 0.3) is 10.2 Å². The van der Waals surface area contributed by atoms with E-state index < -0.39 is 0 Å². The largest absolute Gasteiger partial charge is 0.342 e. The molecular formula is C26H31N3O3S. The molecule has 0 bridgehead atoms. The molecule has 1 amide bonds. The first-order valence-electron chi connectivity index (χ1n) is 12.1. The Morgan fingerprint density at radius 2 is 1.67 bits per heavy atom. The van der Waals surface area contributed by atoms with Crippen molar-refractivity contribution < 1.29 is 4.79 Å². The zero-order chi connectivity index (χ0) is 22.9. The van der Waals surface area contributed by atoms with E-state index >= 15 is 0 Å². The fraction of sp³-hybridized carbons (Fsp3) is 0.500. The normalized spacial score (nSPS) is 21.1. The lowest BCUT2D eigenvalue weighted by molar-refractivity contribution is -0.135. The van der Waals surface area contributed by atoms with Gasteiger partial charge < -0.3 is 4.90 Å². The van der Waals surface area contributed by atoms with Crippen LogP contribution in [0.5, 0.6) is 0 Å². The number of aromatic nitrogens is 2. The molecule has 0 N–H and O–H groups in total. The van der Waals surface area contributed by atoms with Gasteiger partial charge in [0.25, 0.3) is 5.56 Å². The van der Waals surface area contributed by atoms with Crippen molar-refractivity contribution in [3.8, 4) is 0 Å². The van der Waals surface area contributed by atoms with Gasteiger partial charge in [-0.3, -0.25) is 18.7 Å². The van der Waals surface area contributed by atoms with E-state index in [1.807, 2.05) is 47.5 Å². The van der Waals surface area contributed by atoms with Crippen LogP contribution < -0.4 is 11.2 Å². The minimum absolute atomic E-state index is 0.106. The molecule has 0 radical (unpaired) electrons. The molecule has 3 aromatic rings. The van der Waals surface area contributed by atoms with Gasteiger partial charge in [0.2, 0.25) is 5.91 Å². The Morgan fingerprint density at radius 3 is 2.36 bits per heavy atom. The highest BCUT2D eigenvalue weighted by Gasteiger charge is 2.31. The van der Waals surface area contributed by atoms with Crippen LogP contribution >= 0.6 is 11.3 Å². The quantitative estimate of drug-likeness (QED) is 0.572. The number of rotatable bonds is 5. The van der Waals surface area contributed by atoms with Crippen molar-refractivity contribution in [2.24, 2.45) is 11.8 Å². The maximum atomic E-state index is 13.5. The number of hydrogen-bond donors (Lipinski definition) is 0. The summed E-state index contributed by atoms with van der Waals surface area (Å²) in [5.41, 5.74) is 2.52. The molecule has 2 fully saturated rings. The summed E-state index contributed by atoms with van der Waals surface area (Å²) in [6, 6.07) is 10.0. The second kappa shape index (κ2) is 9.29. The van der Waals surface area contributed by atoms with Gasteiger partial charge in [0, 0.05) is 25.6 Å². The van der Waals surface area contributed by atoms with Crippen LogP contribution in [0.1, 0.15) is 49.7 Å². The molecular weight excluding hydrogens is 434 g/mol. The summed E-state index contributed by atoms with van der Waals surface area (Å²) < 4.78 is 3.82. The van der Waals surface area contributed by atoms with Crippen molar-refractivity contribution in [3.05, 3.63) is 67.7 Å². The highest BCUT2D eigenvalue weighted by molar-refractivity contribution is 7.17. The van der Waals surface area contributed by atoms with Crippen molar-refractivity contribution >= 4 is 27.5 Å². The first-order chi connectivity index (χ1) is 16.0. The Hall–Kier alpha value is -2.67. The summed E-state index contributed by atoms with van der Waals surface area (Å²) in [7, 11) is 0. The highest BCUT2D eigenvalue weighted by atomic mass is 32.1. The van der Waals surface area contributed by atoms with Crippen LogP contribution in [0.3, 0.4) is 0 Å². The summed E-state index contributed by atoms with van der Waals surface area (Å²) >= 11 is 1.40. The van der Waals surface area contributed by atoms with E-state index in [0.717, 1.165) is 57.2 Å².